The molecule has 4 aliphatic carbocycles. The zero-order chi connectivity index (χ0) is 15.9. The summed E-state index contributed by atoms with van der Waals surface area (Å²) in [4.78, 5) is 0. The van der Waals surface area contributed by atoms with Gasteiger partial charge in [-0.3, -0.25) is 0 Å². The van der Waals surface area contributed by atoms with Crippen LogP contribution in [0, 0.1) is 41.4 Å². The highest BCUT2D eigenvalue weighted by atomic mass is 32.2. The summed E-state index contributed by atoms with van der Waals surface area (Å²) in [5.41, 5.74) is -5.49. The van der Waals surface area contributed by atoms with Crippen LogP contribution in [-0.4, -0.2) is 19.8 Å². The highest BCUT2D eigenvalue weighted by Gasteiger charge is 2.62. The van der Waals surface area contributed by atoms with E-state index in [9.17, 15) is 26.7 Å². The second-order valence-electron chi connectivity index (χ2n) is 7.34. The predicted octanol–water partition coefficient (Wildman–Crippen LogP) is 1.91. The maximum absolute atomic E-state index is 12.4. The van der Waals surface area contributed by atoms with Gasteiger partial charge in [-0.1, -0.05) is 0 Å². The number of nitrogens with zero attached hydrogens (tertiary/aromatic N) is 1. The van der Waals surface area contributed by atoms with Crippen LogP contribution in [0.15, 0.2) is 4.40 Å². The Kier molecular flexibility index (Phi) is 2.95. The first-order valence-corrected chi connectivity index (χ1v) is 9.21. The molecule has 124 valence electrons. The Hall–Kier alpha value is -0.790. The van der Waals surface area contributed by atoms with Gasteiger partial charge in [-0.15, -0.1) is 0 Å². The molecule has 0 aromatic heterocycles. The molecule has 0 heterocycles. The second kappa shape index (κ2) is 4.39. The van der Waals surface area contributed by atoms with Crippen LogP contribution in [0.1, 0.15) is 32.1 Å². The Morgan fingerprint density at radius 2 is 1.64 bits per heavy atom. The number of hydrogen-bond acceptors (Lipinski definition) is 3. The van der Waals surface area contributed by atoms with Crippen molar-refractivity contribution in [1.29, 1.82) is 0 Å². The molecule has 0 spiro atoms. The standard InChI is InChI=1S/C14H18F3NO3S/c15-14(16,17)22(20,21)18-13(19)10-5-8-4-9(10)12-7-2-1-6(3-7)11(8)12/h6-12H,1-5H2,(H,18,19)/p-1. The van der Waals surface area contributed by atoms with Gasteiger partial charge >= 0.3 is 15.5 Å². The van der Waals surface area contributed by atoms with Gasteiger partial charge in [-0.05, 0) is 79.4 Å². The largest absolute Gasteiger partial charge is 0.861 e. The van der Waals surface area contributed by atoms with Crippen molar-refractivity contribution in [2.45, 2.75) is 37.6 Å². The molecule has 8 heteroatoms. The third kappa shape index (κ3) is 1.88. The zero-order valence-corrected chi connectivity index (χ0v) is 12.6. The molecule has 4 saturated carbocycles. The van der Waals surface area contributed by atoms with Gasteiger partial charge in [-0.25, -0.2) is 0 Å². The van der Waals surface area contributed by atoms with Crippen LogP contribution in [-0.2, 0) is 10.0 Å². The molecule has 0 N–H and O–H groups in total. The fourth-order valence-corrected chi connectivity index (χ4v) is 6.56. The first-order valence-electron chi connectivity index (χ1n) is 7.77. The number of hydrogen-bond donors (Lipinski definition) is 0. The molecule has 22 heavy (non-hydrogen) atoms. The van der Waals surface area contributed by atoms with Crippen LogP contribution in [0.2, 0.25) is 0 Å². The molecule has 0 saturated heterocycles. The van der Waals surface area contributed by atoms with E-state index in [-0.39, 0.29) is 5.92 Å². The Balaban J connectivity index is 1.59. The van der Waals surface area contributed by atoms with Crippen molar-refractivity contribution in [3.63, 3.8) is 0 Å². The quantitative estimate of drug-likeness (QED) is 0.439. The molecule has 0 aliphatic heterocycles. The van der Waals surface area contributed by atoms with E-state index in [0.29, 0.717) is 30.1 Å². The summed E-state index contributed by atoms with van der Waals surface area (Å²) in [6.07, 6.45) is 4.95. The van der Waals surface area contributed by atoms with Crippen LogP contribution < -0.4 is 5.11 Å². The molecule has 4 aliphatic rings. The van der Waals surface area contributed by atoms with Gasteiger partial charge in [-0.2, -0.15) is 26.0 Å². The van der Waals surface area contributed by atoms with E-state index in [4.69, 9.17) is 0 Å². The third-order valence-corrected chi connectivity index (χ3v) is 7.56. The number of fused-ring (bicyclic) bond motifs is 9. The van der Waals surface area contributed by atoms with Crippen molar-refractivity contribution in [2.24, 2.45) is 45.8 Å². The summed E-state index contributed by atoms with van der Waals surface area (Å²) in [5, 5.41) is 12.0. The van der Waals surface area contributed by atoms with E-state index >= 15 is 0 Å². The van der Waals surface area contributed by atoms with Crippen molar-refractivity contribution in [2.75, 3.05) is 0 Å². The summed E-state index contributed by atoms with van der Waals surface area (Å²) < 4.78 is 61.8. The minimum absolute atomic E-state index is 0.0463. The third-order valence-electron chi connectivity index (χ3n) is 6.55. The zero-order valence-electron chi connectivity index (χ0n) is 11.8. The molecular formula is C14H17F3NO3S-. The lowest BCUT2D eigenvalue weighted by Crippen LogP contribution is -2.40. The predicted molar refractivity (Wildman–Crippen MR) is 69.9 cm³/mol. The van der Waals surface area contributed by atoms with E-state index in [1.807, 2.05) is 0 Å². The van der Waals surface area contributed by atoms with Crippen LogP contribution in [0.4, 0.5) is 13.2 Å². The topological polar surface area (TPSA) is 69.6 Å². The lowest BCUT2D eigenvalue weighted by molar-refractivity contribution is -0.226. The van der Waals surface area contributed by atoms with Crippen LogP contribution in [0.5, 0.6) is 0 Å². The average Bonchev–Trinajstić information content (AvgIpc) is 3.15. The number of halogens is 3. The van der Waals surface area contributed by atoms with Crippen molar-refractivity contribution in [3.05, 3.63) is 0 Å². The Morgan fingerprint density at radius 3 is 2.27 bits per heavy atom. The Bertz CT molecular complexity index is 630. The molecule has 4 bridgehead atoms. The van der Waals surface area contributed by atoms with Gasteiger partial charge in [0.2, 0.25) is 0 Å². The fraction of sp³-hybridized carbons (Fsp3) is 0.929. The van der Waals surface area contributed by atoms with Gasteiger partial charge < -0.3 is 5.11 Å². The molecule has 0 radical (unpaired) electrons. The molecule has 0 amide bonds. The summed E-state index contributed by atoms with van der Waals surface area (Å²) in [7, 11) is -5.71. The lowest BCUT2D eigenvalue weighted by Gasteiger charge is -2.40. The summed E-state index contributed by atoms with van der Waals surface area (Å²) in [6, 6.07) is 0. The normalized spacial score (nSPS) is 47.2. The molecule has 4 nitrogen and oxygen atoms in total. The first kappa shape index (κ1) is 14.8. The van der Waals surface area contributed by atoms with Gasteiger partial charge in [0.15, 0.2) is 0 Å². The van der Waals surface area contributed by atoms with Crippen molar-refractivity contribution in [1.82, 2.24) is 0 Å². The second-order valence-corrected chi connectivity index (χ2v) is 8.94. The fourth-order valence-electron chi connectivity index (χ4n) is 6.09. The SMILES string of the molecule is O=S(=O)(/N=C(\[O-])C1CC2CC1C1C3CCC(C3)C21)C(F)(F)F. The van der Waals surface area contributed by atoms with Gasteiger partial charge in [0, 0.05) is 0 Å². The van der Waals surface area contributed by atoms with Crippen LogP contribution in [0.25, 0.3) is 0 Å². The number of sulfonamides is 1. The van der Waals surface area contributed by atoms with Crippen molar-refractivity contribution >= 4 is 15.9 Å². The summed E-state index contributed by atoms with van der Waals surface area (Å²) >= 11 is 0. The van der Waals surface area contributed by atoms with Gasteiger partial charge in [0.05, 0.1) is 0 Å². The monoisotopic (exact) mass is 336 g/mol. The Labute approximate surface area is 126 Å². The number of rotatable bonds is 2. The number of alkyl halides is 3. The summed E-state index contributed by atoms with van der Waals surface area (Å²) in [5.74, 6) is 1.06. The maximum Gasteiger partial charge on any atom is 0.518 e. The van der Waals surface area contributed by atoms with E-state index in [1.54, 1.807) is 0 Å². The van der Waals surface area contributed by atoms with Gasteiger partial charge in [0.25, 0.3) is 0 Å². The molecule has 0 aromatic rings. The van der Waals surface area contributed by atoms with Crippen molar-refractivity contribution < 1.29 is 26.7 Å². The van der Waals surface area contributed by atoms with E-state index in [2.05, 4.69) is 4.40 Å². The lowest BCUT2D eigenvalue weighted by atomic mass is 9.67. The van der Waals surface area contributed by atoms with E-state index < -0.39 is 27.3 Å². The molecule has 4 fully saturated rings. The minimum atomic E-state index is -5.71. The van der Waals surface area contributed by atoms with Gasteiger partial charge in [0.1, 0.15) is 0 Å². The first-order chi connectivity index (χ1) is 10.2. The van der Waals surface area contributed by atoms with E-state index in [0.717, 1.165) is 18.8 Å². The molecule has 7 unspecified atom stereocenters. The Morgan fingerprint density at radius 1 is 1.00 bits per heavy atom. The smallest absolute Gasteiger partial charge is 0.518 e. The molecule has 4 rings (SSSR count). The average molecular weight is 336 g/mol. The molecular weight excluding hydrogens is 319 g/mol. The van der Waals surface area contributed by atoms with Crippen molar-refractivity contribution in [3.8, 4) is 0 Å². The summed E-state index contributed by atoms with van der Waals surface area (Å²) in [6.45, 7) is 0. The highest BCUT2D eigenvalue weighted by Crippen LogP contribution is 2.68. The molecule has 7 atom stereocenters. The van der Waals surface area contributed by atoms with Crippen LogP contribution >= 0.6 is 0 Å². The van der Waals surface area contributed by atoms with Crippen LogP contribution in [0.3, 0.4) is 0 Å². The maximum atomic E-state index is 12.4. The highest BCUT2D eigenvalue weighted by molar-refractivity contribution is 7.91. The van der Waals surface area contributed by atoms with E-state index in [1.165, 1.54) is 12.8 Å². The molecule has 0 aromatic carbocycles. The minimum Gasteiger partial charge on any atom is -0.861 e.